The molecule has 1 N–H and O–H groups in total. The zero-order valence-corrected chi connectivity index (χ0v) is 11.0. The van der Waals surface area contributed by atoms with Gasteiger partial charge >= 0.3 is 0 Å². The van der Waals surface area contributed by atoms with Gasteiger partial charge in [-0.1, -0.05) is 0 Å². The van der Waals surface area contributed by atoms with E-state index >= 15 is 0 Å². The Morgan fingerprint density at radius 1 is 1.53 bits per heavy atom. The molecule has 88 valence electrons. The first-order chi connectivity index (χ1) is 6.80. The van der Waals surface area contributed by atoms with Crippen LogP contribution in [0.15, 0.2) is 0 Å². The molecule has 0 amide bonds. The third-order valence-corrected chi connectivity index (χ3v) is 4.52. The maximum atomic E-state index is 11.2. The van der Waals surface area contributed by atoms with Gasteiger partial charge in [-0.2, -0.15) is 0 Å². The lowest BCUT2D eigenvalue weighted by molar-refractivity contribution is 0.222. The fourth-order valence-corrected chi connectivity index (χ4v) is 4.23. The molecule has 1 saturated heterocycles. The molecule has 15 heavy (non-hydrogen) atoms. The van der Waals surface area contributed by atoms with E-state index in [-0.39, 0.29) is 28.8 Å². The molecular weight excluding hydrogens is 258 g/mol. The quantitative estimate of drug-likeness (QED) is 0.592. The van der Waals surface area contributed by atoms with Crippen molar-refractivity contribution in [3.63, 3.8) is 0 Å². The molecule has 7 heteroatoms. The highest BCUT2D eigenvalue weighted by Gasteiger charge is 2.37. The van der Waals surface area contributed by atoms with Gasteiger partial charge in [0.05, 0.1) is 29.0 Å². The van der Waals surface area contributed by atoms with Gasteiger partial charge in [0.15, 0.2) is 9.84 Å². The predicted molar refractivity (Wildman–Crippen MR) is 64.0 cm³/mol. The van der Waals surface area contributed by atoms with Crippen LogP contribution in [0.4, 0.5) is 0 Å². The molecule has 0 aliphatic carbocycles. The fourth-order valence-electron chi connectivity index (χ4n) is 1.34. The predicted octanol–water partition coefficient (Wildman–Crippen LogP) is 0.690. The van der Waals surface area contributed by atoms with Crippen molar-refractivity contribution in [1.82, 2.24) is 5.32 Å². The van der Waals surface area contributed by atoms with Crippen LogP contribution in [0.25, 0.3) is 0 Å². The van der Waals surface area contributed by atoms with Gasteiger partial charge in [0.1, 0.15) is 0 Å². The Hall–Kier alpha value is -0.0700. The van der Waals surface area contributed by atoms with Crippen molar-refractivity contribution in [2.45, 2.75) is 31.4 Å². The third-order valence-electron chi connectivity index (χ3n) is 1.93. The molecule has 0 aromatic rings. The summed E-state index contributed by atoms with van der Waals surface area (Å²) in [4.78, 5) is 0. The highest BCUT2D eigenvalue weighted by Crippen LogP contribution is 2.18. The first kappa shape index (κ1) is 13.0. The summed E-state index contributed by atoms with van der Waals surface area (Å²) in [5, 5.41) is 2.58. The number of hydrogen-bond acceptors (Lipinski definition) is 4. The van der Waals surface area contributed by atoms with Gasteiger partial charge in [-0.05, 0) is 26.1 Å². The molecule has 0 unspecified atom stereocenters. The van der Waals surface area contributed by atoms with Crippen molar-refractivity contribution in [3.05, 3.63) is 0 Å². The maximum Gasteiger partial charge on any atom is 0.257 e. The van der Waals surface area contributed by atoms with Crippen molar-refractivity contribution < 1.29 is 13.2 Å². The summed E-state index contributed by atoms with van der Waals surface area (Å²) in [6.07, 6.45) is -0.0308. The summed E-state index contributed by atoms with van der Waals surface area (Å²) in [6, 6.07) is -0.345. The number of nitrogens with one attached hydrogen (secondary N) is 1. The number of thiocarbonyl (C=S) groups is 1. The lowest BCUT2D eigenvalue weighted by Gasteiger charge is -2.18. The van der Waals surface area contributed by atoms with Crippen molar-refractivity contribution in [1.29, 1.82) is 0 Å². The van der Waals surface area contributed by atoms with Crippen LogP contribution in [0.1, 0.15) is 13.8 Å². The van der Waals surface area contributed by atoms with Crippen LogP contribution in [0.5, 0.6) is 0 Å². The summed E-state index contributed by atoms with van der Waals surface area (Å²) in [5.74, 6) is 0.0132. The Morgan fingerprint density at radius 2 is 2.13 bits per heavy atom. The van der Waals surface area contributed by atoms with E-state index in [1.165, 1.54) is 0 Å². The average Bonchev–Trinajstić information content (AvgIpc) is 2.22. The van der Waals surface area contributed by atoms with Crippen LogP contribution in [-0.2, 0) is 14.6 Å². The Balaban J connectivity index is 2.50. The molecule has 0 saturated carbocycles. The van der Waals surface area contributed by atoms with E-state index in [4.69, 9.17) is 28.6 Å². The van der Waals surface area contributed by atoms with Gasteiger partial charge in [0.25, 0.3) is 5.17 Å². The molecule has 0 aromatic carbocycles. The third kappa shape index (κ3) is 4.12. The second-order valence-corrected chi connectivity index (χ2v) is 6.88. The number of halogens is 1. The lowest BCUT2D eigenvalue weighted by Crippen LogP contribution is -2.41. The van der Waals surface area contributed by atoms with Crippen LogP contribution in [-0.4, -0.2) is 42.6 Å². The van der Waals surface area contributed by atoms with Crippen molar-refractivity contribution >= 4 is 38.8 Å². The topological polar surface area (TPSA) is 55.4 Å². The molecule has 0 aromatic heterocycles. The second kappa shape index (κ2) is 4.84. The van der Waals surface area contributed by atoms with E-state index in [1.54, 1.807) is 0 Å². The molecule has 1 rings (SSSR count). The molecule has 0 bridgehead atoms. The minimum Gasteiger partial charge on any atom is -0.468 e. The molecular formula is C8H14ClNO3S2. The minimum absolute atomic E-state index is 0.00346. The summed E-state index contributed by atoms with van der Waals surface area (Å²) < 4.78 is 27.7. The summed E-state index contributed by atoms with van der Waals surface area (Å²) in [6.45, 7) is 3.69. The van der Waals surface area contributed by atoms with E-state index in [1.807, 2.05) is 13.8 Å². The molecule has 1 heterocycles. The molecule has 1 aliphatic heterocycles. The van der Waals surface area contributed by atoms with Gasteiger partial charge in [-0.25, -0.2) is 8.42 Å². The van der Waals surface area contributed by atoms with Crippen molar-refractivity contribution in [2.24, 2.45) is 0 Å². The normalized spacial score (nSPS) is 29.1. The number of ether oxygens (including phenoxy) is 1. The smallest absolute Gasteiger partial charge is 0.257 e. The highest BCUT2D eigenvalue weighted by molar-refractivity contribution is 7.91. The maximum absolute atomic E-state index is 11.2. The first-order valence-electron chi connectivity index (χ1n) is 4.62. The van der Waals surface area contributed by atoms with E-state index in [2.05, 4.69) is 5.32 Å². The van der Waals surface area contributed by atoms with Gasteiger partial charge in [0.2, 0.25) is 0 Å². The molecule has 4 nitrogen and oxygen atoms in total. The van der Waals surface area contributed by atoms with Gasteiger partial charge in [-0.3, -0.25) is 0 Å². The summed E-state index contributed by atoms with van der Waals surface area (Å²) in [7, 11) is -3.03. The van der Waals surface area contributed by atoms with Crippen LogP contribution in [0.3, 0.4) is 0 Å². The fraction of sp³-hybridized carbons (Fsp3) is 0.875. The molecule has 0 spiro atoms. The van der Waals surface area contributed by atoms with E-state index in [0.717, 1.165) is 0 Å². The molecule has 0 radical (unpaired) electrons. The Bertz CT molecular complexity index is 342. The number of alkyl halides is 1. The Labute approximate surface area is 100 Å². The standard InChI is InChI=1S/C8H14ClNO3S2/c1-5(2)13-8(14)10-7-4-15(11,12)3-6(7)9/h5-7H,3-4H2,1-2H3,(H,10,14)/t6-,7-/m1/s1. The highest BCUT2D eigenvalue weighted by atomic mass is 35.5. The first-order valence-corrected chi connectivity index (χ1v) is 7.28. The van der Waals surface area contributed by atoms with Crippen LogP contribution in [0, 0.1) is 0 Å². The average molecular weight is 272 g/mol. The summed E-state index contributed by atoms with van der Waals surface area (Å²) in [5.41, 5.74) is 0. The van der Waals surface area contributed by atoms with Crippen LogP contribution < -0.4 is 5.32 Å². The molecule has 1 fully saturated rings. The van der Waals surface area contributed by atoms with Crippen molar-refractivity contribution in [3.8, 4) is 0 Å². The van der Waals surface area contributed by atoms with Crippen LogP contribution in [0.2, 0.25) is 0 Å². The number of rotatable bonds is 2. The van der Waals surface area contributed by atoms with Crippen LogP contribution >= 0.6 is 23.8 Å². The monoisotopic (exact) mass is 271 g/mol. The minimum atomic E-state index is -3.03. The lowest BCUT2D eigenvalue weighted by atomic mass is 10.3. The van der Waals surface area contributed by atoms with E-state index in [0.29, 0.717) is 0 Å². The number of hydrogen-bond donors (Lipinski definition) is 1. The van der Waals surface area contributed by atoms with E-state index < -0.39 is 15.2 Å². The SMILES string of the molecule is CC(C)OC(=S)N[C@@H]1CS(=O)(=O)C[C@H]1Cl. The number of sulfone groups is 1. The molecule has 2 atom stereocenters. The zero-order chi connectivity index (χ0) is 11.6. The van der Waals surface area contributed by atoms with Gasteiger partial charge in [-0.15, -0.1) is 11.6 Å². The van der Waals surface area contributed by atoms with Gasteiger partial charge < -0.3 is 10.1 Å². The largest absolute Gasteiger partial charge is 0.468 e. The Kier molecular flexibility index (Phi) is 4.20. The molecule has 1 aliphatic rings. The zero-order valence-electron chi connectivity index (χ0n) is 8.57. The Morgan fingerprint density at radius 3 is 2.53 bits per heavy atom. The summed E-state index contributed by atoms with van der Waals surface area (Å²) >= 11 is 10.8. The van der Waals surface area contributed by atoms with Crippen molar-refractivity contribution in [2.75, 3.05) is 11.5 Å². The second-order valence-electron chi connectivity index (χ2n) is 3.80. The van der Waals surface area contributed by atoms with Gasteiger partial charge in [0, 0.05) is 0 Å². The van der Waals surface area contributed by atoms with E-state index in [9.17, 15) is 8.42 Å².